The molecule has 0 aliphatic carbocycles. The van der Waals surface area contributed by atoms with Gasteiger partial charge in [-0.2, -0.15) is 0 Å². The number of carbonyl (C=O) groups is 1. The standard InChI is InChI=1S/C22H36N2O2/c1-4-9-22(25)24(17-8-16-23-15-7-6-10-19(23)3)18-20-11-13-21(14-12-20)26-5-2/h11-14,19H,4-10,15-18H2,1-3H3. The number of benzene rings is 1. The van der Waals surface area contributed by atoms with Gasteiger partial charge in [0.15, 0.2) is 0 Å². The summed E-state index contributed by atoms with van der Waals surface area (Å²) in [6.45, 7) is 10.9. The summed E-state index contributed by atoms with van der Waals surface area (Å²) in [6.07, 6.45) is 6.58. The third kappa shape index (κ3) is 6.64. The molecule has 1 fully saturated rings. The highest BCUT2D eigenvalue weighted by Gasteiger charge is 2.19. The quantitative estimate of drug-likeness (QED) is 0.617. The lowest BCUT2D eigenvalue weighted by atomic mass is 10.0. The third-order valence-corrected chi connectivity index (χ3v) is 5.24. The maximum absolute atomic E-state index is 12.6. The van der Waals surface area contributed by atoms with Gasteiger partial charge < -0.3 is 14.5 Å². The lowest BCUT2D eigenvalue weighted by Gasteiger charge is -2.34. The van der Waals surface area contributed by atoms with Crippen molar-refractivity contribution in [3.8, 4) is 5.75 Å². The van der Waals surface area contributed by atoms with Gasteiger partial charge in [0.25, 0.3) is 0 Å². The van der Waals surface area contributed by atoms with Gasteiger partial charge in [0.1, 0.15) is 5.75 Å². The van der Waals surface area contributed by atoms with Gasteiger partial charge in [-0.25, -0.2) is 0 Å². The van der Waals surface area contributed by atoms with Crippen molar-refractivity contribution in [1.82, 2.24) is 9.80 Å². The van der Waals surface area contributed by atoms with E-state index in [1.807, 2.05) is 24.0 Å². The van der Waals surface area contributed by atoms with Crippen molar-refractivity contribution >= 4 is 5.91 Å². The van der Waals surface area contributed by atoms with E-state index in [1.54, 1.807) is 0 Å². The monoisotopic (exact) mass is 360 g/mol. The highest BCUT2D eigenvalue weighted by molar-refractivity contribution is 5.76. The molecular weight excluding hydrogens is 324 g/mol. The van der Waals surface area contributed by atoms with E-state index in [-0.39, 0.29) is 5.91 Å². The number of rotatable bonds is 10. The Bertz CT molecular complexity index is 529. The van der Waals surface area contributed by atoms with E-state index in [9.17, 15) is 4.79 Å². The molecule has 0 saturated carbocycles. The van der Waals surface area contributed by atoms with Crippen molar-refractivity contribution in [3.63, 3.8) is 0 Å². The number of nitrogens with zero attached hydrogens (tertiary/aromatic N) is 2. The summed E-state index contributed by atoms with van der Waals surface area (Å²) in [5, 5.41) is 0. The molecule has 0 N–H and O–H groups in total. The molecule has 4 nitrogen and oxygen atoms in total. The van der Waals surface area contributed by atoms with E-state index in [0.29, 0.717) is 25.6 Å². The summed E-state index contributed by atoms with van der Waals surface area (Å²) in [5.74, 6) is 1.16. The van der Waals surface area contributed by atoms with Crippen molar-refractivity contribution < 1.29 is 9.53 Å². The Kier molecular flexibility index (Phi) is 8.96. The van der Waals surface area contributed by atoms with Gasteiger partial charge in [-0.05, 0) is 63.8 Å². The maximum Gasteiger partial charge on any atom is 0.222 e. The zero-order valence-electron chi connectivity index (χ0n) is 16.9. The van der Waals surface area contributed by atoms with Crippen LogP contribution in [0.5, 0.6) is 5.75 Å². The molecule has 1 atom stereocenters. The first-order chi connectivity index (χ1) is 12.6. The van der Waals surface area contributed by atoms with Crippen LogP contribution in [-0.4, -0.2) is 48.0 Å². The maximum atomic E-state index is 12.6. The molecule has 26 heavy (non-hydrogen) atoms. The van der Waals surface area contributed by atoms with Crippen molar-refractivity contribution in [1.29, 1.82) is 0 Å². The van der Waals surface area contributed by atoms with Crippen molar-refractivity contribution in [2.75, 3.05) is 26.2 Å². The van der Waals surface area contributed by atoms with Gasteiger partial charge >= 0.3 is 0 Å². The van der Waals surface area contributed by atoms with E-state index >= 15 is 0 Å². The van der Waals surface area contributed by atoms with E-state index < -0.39 is 0 Å². The Hall–Kier alpha value is -1.55. The minimum absolute atomic E-state index is 0.271. The Morgan fingerprint density at radius 3 is 2.65 bits per heavy atom. The average molecular weight is 361 g/mol. The van der Waals surface area contributed by atoms with Crippen LogP contribution in [0.4, 0.5) is 0 Å². The smallest absolute Gasteiger partial charge is 0.222 e. The largest absolute Gasteiger partial charge is 0.494 e. The van der Waals surface area contributed by atoms with E-state index in [4.69, 9.17) is 4.74 Å². The minimum atomic E-state index is 0.271. The Morgan fingerprint density at radius 1 is 1.23 bits per heavy atom. The number of ether oxygens (including phenoxy) is 1. The van der Waals surface area contributed by atoms with Gasteiger partial charge in [-0.1, -0.05) is 25.5 Å². The fourth-order valence-electron chi connectivity index (χ4n) is 3.70. The first kappa shape index (κ1) is 20.8. The highest BCUT2D eigenvalue weighted by Crippen LogP contribution is 2.18. The molecule has 0 radical (unpaired) electrons. The van der Waals surface area contributed by atoms with Crippen molar-refractivity contribution in [3.05, 3.63) is 29.8 Å². The number of piperidine rings is 1. The van der Waals surface area contributed by atoms with E-state index in [2.05, 4.69) is 30.9 Å². The Morgan fingerprint density at radius 2 is 2.00 bits per heavy atom. The second-order valence-corrected chi connectivity index (χ2v) is 7.38. The first-order valence-corrected chi connectivity index (χ1v) is 10.4. The zero-order valence-corrected chi connectivity index (χ0v) is 16.9. The number of hydrogen-bond donors (Lipinski definition) is 0. The molecular formula is C22H36N2O2. The van der Waals surface area contributed by atoms with Crippen LogP contribution in [0.15, 0.2) is 24.3 Å². The number of carbonyl (C=O) groups excluding carboxylic acids is 1. The Balaban J connectivity index is 1.89. The van der Waals surface area contributed by atoms with Gasteiger partial charge in [0, 0.05) is 32.1 Å². The number of likely N-dealkylation sites (tertiary alicyclic amines) is 1. The molecule has 0 spiro atoms. The fraction of sp³-hybridized carbons (Fsp3) is 0.682. The van der Waals surface area contributed by atoms with E-state index in [1.165, 1.54) is 31.4 Å². The molecule has 1 aliphatic rings. The third-order valence-electron chi connectivity index (χ3n) is 5.24. The van der Waals surface area contributed by atoms with Crippen LogP contribution >= 0.6 is 0 Å². The van der Waals surface area contributed by atoms with Crippen LogP contribution in [0.2, 0.25) is 0 Å². The van der Waals surface area contributed by atoms with Gasteiger partial charge in [-0.3, -0.25) is 4.79 Å². The lowest BCUT2D eigenvalue weighted by molar-refractivity contribution is -0.132. The van der Waals surface area contributed by atoms with E-state index in [0.717, 1.165) is 31.7 Å². The topological polar surface area (TPSA) is 32.8 Å². The minimum Gasteiger partial charge on any atom is -0.494 e. The zero-order chi connectivity index (χ0) is 18.8. The van der Waals surface area contributed by atoms with Crippen LogP contribution in [0, 0.1) is 0 Å². The first-order valence-electron chi connectivity index (χ1n) is 10.4. The predicted octanol–water partition coefficient (Wildman–Crippen LogP) is 4.48. The number of hydrogen-bond acceptors (Lipinski definition) is 3. The van der Waals surface area contributed by atoms with Crippen LogP contribution < -0.4 is 4.74 Å². The molecule has 146 valence electrons. The molecule has 0 bridgehead atoms. The average Bonchev–Trinajstić information content (AvgIpc) is 2.64. The summed E-state index contributed by atoms with van der Waals surface area (Å²) in [7, 11) is 0. The highest BCUT2D eigenvalue weighted by atomic mass is 16.5. The van der Waals surface area contributed by atoms with Gasteiger partial charge in [0.2, 0.25) is 5.91 Å². The summed E-state index contributed by atoms with van der Waals surface area (Å²) < 4.78 is 5.51. The SMILES string of the molecule is CCCC(=O)N(CCCN1CCCCC1C)Cc1ccc(OCC)cc1. The van der Waals surface area contributed by atoms with Crippen LogP contribution in [0.1, 0.15) is 64.9 Å². The normalized spacial score (nSPS) is 17.9. The lowest BCUT2D eigenvalue weighted by Crippen LogP contribution is -2.40. The second kappa shape index (κ2) is 11.2. The van der Waals surface area contributed by atoms with Crippen LogP contribution in [-0.2, 0) is 11.3 Å². The summed E-state index contributed by atoms with van der Waals surface area (Å²) in [5.41, 5.74) is 1.17. The number of amides is 1. The van der Waals surface area contributed by atoms with Crippen molar-refractivity contribution in [2.45, 2.75) is 71.9 Å². The second-order valence-electron chi connectivity index (χ2n) is 7.38. The molecule has 1 aromatic rings. The molecule has 4 heteroatoms. The molecule has 2 rings (SSSR count). The van der Waals surface area contributed by atoms with Gasteiger partial charge in [-0.15, -0.1) is 0 Å². The van der Waals surface area contributed by atoms with Crippen LogP contribution in [0.3, 0.4) is 0 Å². The molecule has 1 heterocycles. The molecule has 0 aromatic heterocycles. The summed E-state index contributed by atoms with van der Waals surface area (Å²) in [6, 6.07) is 8.83. The molecule has 1 amide bonds. The fourth-order valence-corrected chi connectivity index (χ4v) is 3.70. The predicted molar refractivity (Wildman–Crippen MR) is 107 cm³/mol. The molecule has 1 unspecified atom stereocenters. The van der Waals surface area contributed by atoms with Crippen molar-refractivity contribution in [2.24, 2.45) is 0 Å². The molecule has 1 aliphatic heterocycles. The van der Waals surface area contributed by atoms with Gasteiger partial charge in [0.05, 0.1) is 6.61 Å². The summed E-state index contributed by atoms with van der Waals surface area (Å²) >= 11 is 0. The Labute approximate surface area is 159 Å². The summed E-state index contributed by atoms with van der Waals surface area (Å²) in [4.78, 5) is 17.2. The molecule has 1 aromatic carbocycles. The van der Waals surface area contributed by atoms with Crippen LogP contribution in [0.25, 0.3) is 0 Å². The molecule has 1 saturated heterocycles.